The molecule has 0 amide bonds. The molecule has 3 aliphatic rings. The number of rotatable bonds is 4. The van der Waals surface area contributed by atoms with Crippen LogP contribution >= 0.6 is 0 Å². The first-order valence-corrected chi connectivity index (χ1v) is 11.3. The number of hydrogen-bond donors (Lipinski definition) is 1. The van der Waals surface area contributed by atoms with E-state index in [9.17, 15) is 8.42 Å². The zero-order chi connectivity index (χ0) is 17.3. The van der Waals surface area contributed by atoms with Gasteiger partial charge < -0.3 is 9.88 Å². The van der Waals surface area contributed by atoms with E-state index in [1.165, 1.54) is 19.3 Å². The molecule has 1 aromatic heterocycles. The Balaban J connectivity index is 1.37. The number of piperidine rings is 1. The zero-order valence-corrected chi connectivity index (χ0v) is 15.7. The van der Waals surface area contributed by atoms with Gasteiger partial charge in [-0.15, -0.1) is 10.2 Å². The Bertz CT molecular complexity index is 688. The van der Waals surface area contributed by atoms with Gasteiger partial charge in [-0.05, 0) is 31.6 Å². The van der Waals surface area contributed by atoms with Gasteiger partial charge in [0.05, 0.1) is 12.3 Å². The molecule has 0 radical (unpaired) electrons. The highest BCUT2D eigenvalue weighted by Gasteiger charge is 2.33. The molecule has 7 nitrogen and oxygen atoms in total. The third-order valence-corrected chi connectivity index (χ3v) is 8.08. The zero-order valence-electron chi connectivity index (χ0n) is 14.9. The number of fused-ring (bicyclic) bond motifs is 1. The van der Waals surface area contributed by atoms with Crippen molar-refractivity contribution >= 4 is 10.0 Å². The molecular formula is C17H29N5O2S. The van der Waals surface area contributed by atoms with Gasteiger partial charge in [-0.1, -0.05) is 19.3 Å². The van der Waals surface area contributed by atoms with Crippen molar-refractivity contribution < 1.29 is 8.42 Å². The first-order valence-electron chi connectivity index (χ1n) is 9.74. The fourth-order valence-corrected chi connectivity index (χ4v) is 6.47. The average Bonchev–Trinajstić information content (AvgIpc) is 3.06. The summed E-state index contributed by atoms with van der Waals surface area (Å²) in [6, 6.07) is 0. The van der Waals surface area contributed by atoms with E-state index >= 15 is 0 Å². The minimum atomic E-state index is -3.11. The third-order valence-electron chi connectivity index (χ3n) is 6.03. The summed E-state index contributed by atoms with van der Waals surface area (Å²) in [7, 11) is -3.11. The maximum atomic E-state index is 12.8. The van der Waals surface area contributed by atoms with Crippen LogP contribution in [0.3, 0.4) is 0 Å². The summed E-state index contributed by atoms with van der Waals surface area (Å²) in [5.74, 6) is 3.12. The Morgan fingerprint density at radius 1 is 1.00 bits per heavy atom. The molecule has 4 rings (SSSR count). The second-order valence-corrected chi connectivity index (χ2v) is 9.77. The predicted octanol–water partition coefficient (Wildman–Crippen LogP) is 1.47. The van der Waals surface area contributed by atoms with Crippen LogP contribution in [0.2, 0.25) is 0 Å². The van der Waals surface area contributed by atoms with Gasteiger partial charge in [0, 0.05) is 32.1 Å². The lowest BCUT2D eigenvalue weighted by atomic mass is 9.91. The quantitative estimate of drug-likeness (QED) is 0.872. The molecule has 0 bridgehead atoms. The van der Waals surface area contributed by atoms with E-state index in [4.69, 9.17) is 0 Å². The monoisotopic (exact) mass is 367 g/mol. The smallest absolute Gasteiger partial charge is 0.214 e. The molecule has 1 aliphatic carbocycles. The Morgan fingerprint density at radius 2 is 1.76 bits per heavy atom. The van der Waals surface area contributed by atoms with E-state index in [1.54, 1.807) is 4.31 Å². The van der Waals surface area contributed by atoms with Crippen molar-refractivity contribution in [2.75, 3.05) is 25.4 Å². The Labute approximate surface area is 150 Å². The summed E-state index contributed by atoms with van der Waals surface area (Å²) in [5, 5.41) is 12.0. The molecule has 2 fully saturated rings. The molecule has 1 aromatic rings. The molecule has 1 saturated carbocycles. The van der Waals surface area contributed by atoms with Crippen LogP contribution in [0.15, 0.2) is 0 Å². The van der Waals surface area contributed by atoms with Crippen LogP contribution in [0.5, 0.6) is 0 Å². The summed E-state index contributed by atoms with van der Waals surface area (Å²) in [4.78, 5) is 0. The second kappa shape index (κ2) is 7.32. The average molecular weight is 368 g/mol. The predicted molar refractivity (Wildman–Crippen MR) is 95.6 cm³/mol. The van der Waals surface area contributed by atoms with Crippen LogP contribution < -0.4 is 5.32 Å². The van der Waals surface area contributed by atoms with Gasteiger partial charge >= 0.3 is 0 Å². The van der Waals surface area contributed by atoms with Gasteiger partial charge in [-0.2, -0.15) is 0 Å². The van der Waals surface area contributed by atoms with Gasteiger partial charge in [0.25, 0.3) is 0 Å². The molecule has 0 unspecified atom stereocenters. The van der Waals surface area contributed by atoms with Crippen molar-refractivity contribution in [3.05, 3.63) is 11.6 Å². The minimum absolute atomic E-state index is 0.334. The molecule has 0 spiro atoms. The molecular weight excluding hydrogens is 338 g/mol. The molecule has 1 N–H and O–H groups in total. The fraction of sp³-hybridized carbons (Fsp3) is 0.882. The minimum Gasteiger partial charge on any atom is -0.312 e. The summed E-state index contributed by atoms with van der Waals surface area (Å²) in [5.41, 5.74) is 0. The molecule has 140 valence electrons. The van der Waals surface area contributed by atoms with Gasteiger partial charge in [-0.3, -0.25) is 0 Å². The largest absolute Gasteiger partial charge is 0.312 e. The summed E-state index contributed by atoms with van der Waals surface area (Å²) < 4.78 is 29.5. The van der Waals surface area contributed by atoms with Gasteiger partial charge in [0.2, 0.25) is 10.0 Å². The number of aromatic nitrogens is 3. The Morgan fingerprint density at radius 3 is 2.52 bits per heavy atom. The van der Waals surface area contributed by atoms with Gasteiger partial charge in [-0.25, -0.2) is 12.7 Å². The van der Waals surface area contributed by atoms with E-state index in [0.717, 1.165) is 57.0 Å². The topological polar surface area (TPSA) is 80.1 Å². The van der Waals surface area contributed by atoms with Gasteiger partial charge in [0.1, 0.15) is 11.6 Å². The SMILES string of the molecule is O=S(=O)(CC1CCCCC1)N1CCC(c2nnc3n2CCNC3)CC1. The molecule has 3 heterocycles. The third kappa shape index (κ3) is 3.75. The first-order chi connectivity index (χ1) is 12.1. The number of sulfonamides is 1. The maximum absolute atomic E-state index is 12.8. The lowest BCUT2D eigenvalue weighted by Crippen LogP contribution is -2.41. The number of hydrogen-bond acceptors (Lipinski definition) is 5. The van der Waals surface area contributed by atoms with Crippen LogP contribution in [0, 0.1) is 5.92 Å². The first kappa shape index (κ1) is 17.4. The molecule has 0 aromatic carbocycles. The molecule has 25 heavy (non-hydrogen) atoms. The summed E-state index contributed by atoms with van der Waals surface area (Å²) >= 11 is 0. The van der Waals surface area contributed by atoms with E-state index in [1.807, 2.05) is 0 Å². The summed E-state index contributed by atoms with van der Waals surface area (Å²) in [6.45, 7) is 3.90. The van der Waals surface area contributed by atoms with E-state index in [-0.39, 0.29) is 0 Å². The molecule has 1 saturated heterocycles. The van der Waals surface area contributed by atoms with Crippen LogP contribution in [0.1, 0.15) is 62.5 Å². The van der Waals surface area contributed by atoms with Crippen LogP contribution in [-0.2, 0) is 23.1 Å². The van der Waals surface area contributed by atoms with Crippen LogP contribution in [0.25, 0.3) is 0 Å². The Hall–Kier alpha value is -0.990. The molecule has 8 heteroatoms. The van der Waals surface area contributed by atoms with Crippen LogP contribution in [-0.4, -0.2) is 52.9 Å². The van der Waals surface area contributed by atoms with E-state index in [2.05, 4.69) is 20.1 Å². The Kier molecular flexibility index (Phi) is 5.11. The maximum Gasteiger partial charge on any atom is 0.214 e. The van der Waals surface area contributed by atoms with Crippen molar-refractivity contribution in [3.8, 4) is 0 Å². The van der Waals surface area contributed by atoms with Crippen LogP contribution in [0.4, 0.5) is 0 Å². The number of nitrogens with one attached hydrogen (secondary N) is 1. The number of nitrogens with zero attached hydrogens (tertiary/aromatic N) is 4. The van der Waals surface area contributed by atoms with E-state index in [0.29, 0.717) is 30.7 Å². The van der Waals surface area contributed by atoms with E-state index < -0.39 is 10.0 Å². The lowest BCUT2D eigenvalue weighted by molar-refractivity contribution is 0.301. The highest BCUT2D eigenvalue weighted by molar-refractivity contribution is 7.89. The van der Waals surface area contributed by atoms with Gasteiger partial charge in [0.15, 0.2) is 0 Å². The standard InChI is InChI=1S/C17H29N5O2S/c23-25(24,13-14-4-2-1-3-5-14)21-9-6-15(7-10-21)17-20-19-16-12-18-8-11-22(16)17/h14-15,18H,1-13H2. The fourth-order valence-electron chi connectivity index (χ4n) is 4.57. The highest BCUT2D eigenvalue weighted by Crippen LogP contribution is 2.31. The van der Waals surface area contributed by atoms with Crippen molar-refractivity contribution in [2.45, 2.75) is 64.0 Å². The molecule has 0 atom stereocenters. The lowest BCUT2D eigenvalue weighted by Gasteiger charge is -2.33. The normalized spacial score (nSPS) is 24.3. The van der Waals surface area contributed by atoms with Crippen molar-refractivity contribution in [3.63, 3.8) is 0 Å². The molecule has 2 aliphatic heterocycles. The summed E-state index contributed by atoms with van der Waals surface area (Å²) in [6.07, 6.45) is 7.51. The highest BCUT2D eigenvalue weighted by atomic mass is 32.2. The van der Waals surface area contributed by atoms with Crippen molar-refractivity contribution in [1.82, 2.24) is 24.4 Å². The van der Waals surface area contributed by atoms with Crippen molar-refractivity contribution in [2.24, 2.45) is 5.92 Å². The second-order valence-electron chi connectivity index (χ2n) is 7.76. The van der Waals surface area contributed by atoms with Crippen molar-refractivity contribution in [1.29, 1.82) is 0 Å².